The maximum atomic E-state index is 14.2. The lowest BCUT2D eigenvalue weighted by Gasteiger charge is -2.40. The van der Waals surface area contributed by atoms with Gasteiger partial charge < -0.3 is 14.2 Å². The van der Waals surface area contributed by atoms with E-state index in [2.05, 4.69) is 0 Å². The van der Waals surface area contributed by atoms with Crippen molar-refractivity contribution in [2.24, 2.45) is 16.8 Å². The van der Waals surface area contributed by atoms with Gasteiger partial charge in [0, 0.05) is 28.1 Å². The van der Waals surface area contributed by atoms with Crippen molar-refractivity contribution in [2.45, 2.75) is 39.0 Å². The first-order valence-corrected chi connectivity index (χ1v) is 12.6. The summed E-state index contributed by atoms with van der Waals surface area (Å²) in [4.78, 5) is 46.1. The number of aliphatic imine (C=N–C) groups is 1. The number of hydrogen-bond donors (Lipinski definition) is 0. The molecular weight excluding hydrogens is 466 g/mol. The zero-order valence-electron chi connectivity index (χ0n) is 20.3. The monoisotopic (exact) mass is 495 g/mol. The number of rotatable bonds is 7. The van der Waals surface area contributed by atoms with E-state index in [-0.39, 0.29) is 19.0 Å². The Kier molecular flexibility index (Phi) is 7.50. The number of allylic oxidation sites excluding steroid dienone is 1. The van der Waals surface area contributed by atoms with Crippen molar-refractivity contribution in [3.8, 4) is 5.75 Å². The third kappa shape index (κ3) is 4.55. The maximum absolute atomic E-state index is 14.2. The average molecular weight is 496 g/mol. The predicted octanol–water partition coefficient (Wildman–Crippen LogP) is 4.68. The molecule has 1 unspecified atom stereocenters. The molecule has 8 heteroatoms. The molecule has 1 fully saturated rings. The second kappa shape index (κ2) is 10.6. The molecule has 0 radical (unpaired) electrons. The number of benzene rings is 1. The second-order valence-corrected chi connectivity index (χ2v) is 9.46. The molecule has 0 spiro atoms. The second-order valence-electron chi connectivity index (χ2n) is 8.48. The van der Waals surface area contributed by atoms with E-state index < -0.39 is 35.6 Å². The van der Waals surface area contributed by atoms with Crippen LogP contribution < -0.4 is 4.74 Å². The third-order valence-corrected chi connectivity index (χ3v) is 7.53. The molecule has 1 aromatic carbocycles. The molecule has 4 atom stereocenters. The minimum atomic E-state index is -1.04. The molecule has 0 bridgehead atoms. The first kappa shape index (κ1) is 24.9. The maximum Gasteiger partial charge on any atom is 0.336 e. The van der Waals surface area contributed by atoms with Gasteiger partial charge in [0.25, 0.3) is 0 Å². The minimum Gasteiger partial charge on any atom is -0.496 e. The van der Waals surface area contributed by atoms with Crippen LogP contribution in [-0.2, 0) is 23.9 Å². The van der Waals surface area contributed by atoms with Gasteiger partial charge in [-0.1, -0.05) is 24.3 Å². The number of Topliss-reactive ketones (excluding diaryl/α,β-unsaturated/α-hetero) is 1. The van der Waals surface area contributed by atoms with Gasteiger partial charge in [0.2, 0.25) is 0 Å². The van der Waals surface area contributed by atoms with Crippen LogP contribution in [0.15, 0.2) is 58.0 Å². The number of thiophene rings is 1. The summed E-state index contributed by atoms with van der Waals surface area (Å²) in [6, 6.07) is 11.2. The fourth-order valence-electron chi connectivity index (χ4n) is 5.20. The van der Waals surface area contributed by atoms with E-state index >= 15 is 0 Å². The fourth-order valence-corrected chi connectivity index (χ4v) is 6.07. The summed E-state index contributed by atoms with van der Waals surface area (Å²) in [6.07, 6.45) is 0.371. The van der Waals surface area contributed by atoms with Gasteiger partial charge in [0.1, 0.15) is 11.7 Å². The van der Waals surface area contributed by atoms with E-state index in [9.17, 15) is 14.4 Å². The Hall–Kier alpha value is -3.26. The smallest absolute Gasteiger partial charge is 0.336 e. The largest absolute Gasteiger partial charge is 0.496 e. The predicted molar refractivity (Wildman–Crippen MR) is 133 cm³/mol. The number of para-hydroxylation sites is 1. The molecule has 0 saturated heterocycles. The number of ketones is 1. The molecule has 184 valence electrons. The Bertz CT molecular complexity index is 1180. The van der Waals surface area contributed by atoms with Crippen LogP contribution in [0.2, 0.25) is 0 Å². The van der Waals surface area contributed by atoms with E-state index in [1.54, 1.807) is 27.9 Å². The topological polar surface area (TPSA) is 91.3 Å². The van der Waals surface area contributed by atoms with Crippen LogP contribution >= 0.6 is 11.3 Å². The summed E-state index contributed by atoms with van der Waals surface area (Å²) < 4.78 is 16.3. The average Bonchev–Trinajstić information content (AvgIpc) is 3.38. The molecule has 2 aliphatic rings. The number of ether oxygens (including phenoxy) is 3. The van der Waals surface area contributed by atoms with Crippen molar-refractivity contribution in [3.63, 3.8) is 0 Å². The van der Waals surface area contributed by atoms with Crippen LogP contribution in [0.3, 0.4) is 0 Å². The SMILES string of the molecule is CCOC(=O)C1=C(C)N=C2C[C@@H](c3ccccc3OC)[C@H](C(=O)OCC)C(=O)C2[C@@H]1c1cccs1. The Balaban J connectivity index is 1.88. The number of carbonyl (C=O) groups is 3. The molecule has 7 nitrogen and oxygen atoms in total. The lowest BCUT2D eigenvalue weighted by Crippen LogP contribution is -2.48. The fraction of sp³-hybridized carbons (Fsp3) is 0.407. The summed E-state index contributed by atoms with van der Waals surface area (Å²) in [7, 11) is 1.56. The van der Waals surface area contributed by atoms with E-state index in [0.29, 0.717) is 29.2 Å². The van der Waals surface area contributed by atoms with Gasteiger partial charge in [0.05, 0.1) is 31.8 Å². The Labute approximate surface area is 208 Å². The highest BCUT2D eigenvalue weighted by molar-refractivity contribution is 7.10. The van der Waals surface area contributed by atoms with E-state index in [1.165, 1.54) is 11.3 Å². The molecule has 2 aromatic rings. The lowest BCUT2D eigenvalue weighted by atomic mass is 9.63. The molecule has 1 saturated carbocycles. The van der Waals surface area contributed by atoms with E-state index in [1.807, 2.05) is 41.8 Å². The van der Waals surface area contributed by atoms with Gasteiger partial charge in [-0.3, -0.25) is 14.6 Å². The Morgan fingerprint density at radius 2 is 1.80 bits per heavy atom. The normalized spacial score (nSPS) is 23.9. The highest BCUT2D eigenvalue weighted by Gasteiger charge is 2.53. The number of nitrogens with zero attached hydrogens (tertiary/aromatic N) is 1. The number of esters is 2. The zero-order chi connectivity index (χ0) is 25.1. The van der Waals surface area contributed by atoms with Gasteiger partial charge in [-0.15, -0.1) is 11.3 Å². The van der Waals surface area contributed by atoms with Crippen LogP contribution in [-0.4, -0.2) is 43.8 Å². The van der Waals surface area contributed by atoms with Crippen LogP contribution in [0.5, 0.6) is 5.75 Å². The molecule has 1 aliphatic heterocycles. The Morgan fingerprint density at radius 3 is 2.46 bits per heavy atom. The van der Waals surface area contributed by atoms with Crippen molar-refractivity contribution >= 4 is 34.8 Å². The van der Waals surface area contributed by atoms with Crippen molar-refractivity contribution in [3.05, 3.63) is 63.5 Å². The molecule has 2 heterocycles. The van der Waals surface area contributed by atoms with Gasteiger partial charge in [-0.2, -0.15) is 0 Å². The van der Waals surface area contributed by atoms with Crippen molar-refractivity contribution < 1.29 is 28.6 Å². The zero-order valence-corrected chi connectivity index (χ0v) is 21.1. The highest BCUT2D eigenvalue weighted by Crippen LogP contribution is 2.50. The summed E-state index contributed by atoms with van der Waals surface area (Å²) >= 11 is 1.47. The quantitative estimate of drug-likeness (QED) is 0.409. The van der Waals surface area contributed by atoms with Crippen LogP contribution in [0.1, 0.15) is 49.5 Å². The summed E-state index contributed by atoms with van der Waals surface area (Å²) in [5.41, 5.74) is 2.33. The number of fused-ring (bicyclic) bond motifs is 1. The van der Waals surface area contributed by atoms with Gasteiger partial charge in [0.15, 0.2) is 5.78 Å². The van der Waals surface area contributed by atoms with E-state index in [0.717, 1.165) is 10.4 Å². The first-order valence-electron chi connectivity index (χ1n) is 11.7. The number of methoxy groups -OCH3 is 1. The molecule has 1 aromatic heterocycles. The van der Waals surface area contributed by atoms with Crippen LogP contribution in [0.4, 0.5) is 0 Å². The van der Waals surface area contributed by atoms with Gasteiger partial charge >= 0.3 is 11.9 Å². The first-order chi connectivity index (χ1) is 16.9. The summed E-state index contributed by atoms with van der Waals surface area (Å²) in [5, 5.41) is 1.91. The number of carbonyl (C=O) groups excluding carboxylic acids is 3. The molecule has 1 aliphatic carbocycles. The van der Waals surface area contributed by atoms with Crippen molar-refractivity contribution in [1.82, 2.24) is 0 Å². The molecule has 0 N–H and O–H groups in total. The lowest BCUT2D eigenvalue weighted by molar-refractivity contribution is -0.153. The summed E-state index contributed by atoms with van der Waals surface area (Å²) in [6.45, 7) is 5.61. The van der Waals surface area contributed by atoms with Crippen LogP contribution in [0.25, 0.3) is 0 Å². The van der Waals surface area contributed by atoms with E-state index in [4.69, 9.17) is 19.2 Å². The van der Waals surface area contributed by atoms with Crippen molar-refractivity contribution in [2.75, 3.05) is 20.3 Å². The molecule has 4 rings (SSSR count). The Morgan fingerprint density at radius 1 is 1.06 bits per heavy atom. The minimum absolute atomic E-state index is 0.161. The molecule has 35 heavy (non-hydrogen) atoms. The third-order valence-electron chi connectivity index (χ3n) is 6.57. The number of hydrogen-bond acceptors (Lipinski definition) is 8. The summed E-state index contributed by atoms with van der Waals surface area (Å²) in [5.74, 6) is -3.60. The van der Waals surface area contributed by atoms with Gasteiger partial charge in [-0.05, 0) is 50.3 Å². The molecule has 0 amide bonds. The standard InChI is InChI=1S/C27H29NO6S/c1-5-33-26(30)21-15(3)28-18-14-17(16-10-7-8-11-19(16)32-4)22(27(31)34-6-2)25(29)23(18)24(21)20-12-9-13-35-20/h7-13,17,22-24H,5-6,14H2,1-4H3/t17-,22-,23?,24+/m0/s1. The van der Waals surface area contributed by atoms with Gasteiger partial charge in [-0.25, -0.2) is 4.79 Å². The van der Waals surface area contributed by atoms with Crippen molar-refractivity contribution in [1.29, 1.82) is 0 Å². The highest BCUT2D eigenvalue weighted by atomic mass is 32.1. The molecular formula is C27H29NO6S. The van der Waals surface area contributed by atoms with Crippen LogP contribution in [0, 0.1) is 11.8 Å².